The van der Waals surface area contributed by atoms with Gasteiger partial charge in [0.25, 0.3) is 5.91 Å². The number of carbonyl (C=O) groups is 1. The first-order valence-electron chi connectivity index (χ1n) is 8.67. The largest absolute Gasteiger partial charge is 0.493 e. The molecular formula is C21H20Cl2N2O3. The van der Waals surface area contributed by atoms with Crippen LogP contribution in [0, 0.1) is 11.3 Å². The summed E-state index contributed by atoms with van der Waals surface area (Å²) in [5.74, 6) is 0.554. The second-order valence-electron chi connectivity index (χ2n) is 5.86. The molecule has 0 bridgehead atoms. The van der Waals surface area contributed by atoms with Gasteiger partial charge < -0.3 is 14.8 Å². The van der Waals surface area contributed by atoms with Crippen molar-refractivity contribution in [3.63, 3.8) is 0 Å². The smallest absolute Gasteiger partial charge is 0.266 e. The number of hydrogen-bond donors (Lipinski definition) is 1. The van der Waals surface area contributed by atoms with E-state index in [4.69, 9.17) is 32.7 Å². The fourth-order valence-electron chi connectivity index (χ4n) is 2.32. The Kier molecular flexibility index (Phi) is 8.19. The van der Waals surface area contributed by atoms with Crippen LogP contribution in [0.3, 0.4) is 0 Å². The maximum Gasteiger partial charge on any atom is 0.266 e. The molecule has 0 radical (unpaired) electrons. The van der Waals surface area contributed by atoms with Crippen LogP contribution in [0.1, 0.15) is 25.3 Å². The van der Waals surface area contributed by atoms with Crippen LogP contribution in [0.15, 0.2) is 42.0 Å². The molecule has 28 heavy (non-hydrogen) atoms. The number of methoxy groups -OCH3 is 1. The summed E-state index contributed by atoms with van der Waals surface area (Å²) >= 11 is 12.0. The van der Waals surface area contributed by atoms with E-state index in [2.05, 4.69) is 12.2 Å². The molecule has 0 aliphatic rings. The summed E-state index contributed by atoms with van der Waals surface area (Å²) in [6.07, 6.45) is 3.39. The zero-order chi connectivity index (χ0) is 20.5. The van der Waals surface area contributed by atoms with Crippen molar-refractivity contribution < 1.29 is 14.3 Å². The summed E-state index contributed by atoms with van der Waals surface area (Å²) in [7, 11) is 1.56. The Labute approximate surface area is 174 Å². The van der Waals surface area contributed by atoms with E-state index >= 15 is 0 Å². The number of ether oxygens (including phenoxy) is 2. The summed E-state index contributed by atoms with van der Waals surface area (Å²) in [6, 6.07) is 11.8. The van der Waals surface area contributed by atoms with Gasteiger partial charge in [-0.15, -0.1) is 0 Å². The van der Waals surface area contributed by atoms with E-state index in [0.29, 0.717) is 39.4 Å². The molecule has 5 nitrogen and oxygen atoms in total. The molecule has 1 N–H and O–H groups in total. The molecule has 0 heterocycles. The lowest BCUT2D eigenvalue weighted by Crippen LogP contribution is -2.13. The van der Waals surface area contributed by atoms with Gasteiger partial charge >= 0.3 is 0 Å². The van der Waals surface area contributed by atoms with Gasteiger partial charge in [-0.1, -0.05) is 42.6 Å². The van der Waals surface area contributed by atoms with Gasteiger partial charge in [-0.2, -0.15) is 5.26 Å². The number of anilines is 1. The zero-order valence-corrected chi connectivity index (χ0v) is 17.1. The second-order valence-corrected chi connectivity index (χ2v) is 6.70. The first kappa shape index (κ1) is 21.6. The third-order valence-corrected chi connectivity index (χ3v) is 4.36. The molecule has 0 aliphatic carbocycles. The number of rotatable bonds is 8. The predicted octanol–water partition coefficient (Wildman–Crippen LogP) is 5.73. The number of nitrogens with one attached hydrogen (secondary N) is 1. The number of nitriles is 1. The summed E-state index contributed by atoms with van der Waals surface area (Å²) in [5.41, 5.74) is 0.885. The van der Waals surface area contributed by atoms with Crippen molar-refractivity contribution in [2.24, 2.45) is 0 Å². The van der Waals surface area contributed by atoms with Crippen molar-refractivity contribution in [1.29, 1.82) is 5.26 Å². The van der Waals surface area contributed by atoms with E-state index < -0.39 is 5.91 Å². The Morgan fingerprint density at radius 2 is 2.00 bits per heavy atom. The van der Waals surface area contributed by atoms with E-state index in [0.717, 1.165) is 12.8 Å². The number of benzene rings is 2. The average molecular weight is 419 g/mol. The molecule has 0 saturated heterocycles. The number of hydrogen-bond acceptors (Lipinski definition) is 4. The first-order chi connectivity index (χ1) is 13.5. The molecule has 0 unspecified atom stereocenters. The van der Waals surface area contributed by atoms with Crippen molar-refractivity contribution in [2.75, 3.05) is 19.0 Å². The normalized spacial score (nSPS) is 10.9. The molecular weight excluding hydrogens is 399 g/mol. The Balaban J connectivity index is 2.25. The van der Waals surface area contributed by atoms with Crippen molar-refractivity contribution in [2.45, 2.75) is 19.8 Å². The Morgan fingerprint density at radius 1 is 1.21 bits per heavy atom. The van der Waals surface area contributed by atoms with Gasteiger partial charge in [0, 0.05) is 5.02 Å². The van der Waals surface area contributed by atoms with Crippen molar-refractivity contribution in [3.8, 4) is 17.6 Å². The van der Waals surface area contributed by atoms with E-state index in [1.54, 1.807) is 37.4 Å². The highest BCUT2D eigenvalue weighted by Crippen LogP contribution is 2.30. The van der Waals surface area contributed by atoms with Crippen molar-refractivity contribution in [1.82, 2.24) is 0 Å². The van der Waals surface area contributed by atoms with Gasteiger partial charge in [-0.05, 0) is 48.4 Å². The van der Waals surface area contributed by atoms with Crippen molar-refractivity contribution >= 4 is 40.9 Å². The molecule has 2 aromatic carbocycles. The maximum atomic E-state index is 12.5. The minimum absolute atomic E-state index is 0.0827. The summed E-state index contributed by atoms with van der Waals surface area (Å²) in [4.78, 5) is 12.5. The van der Waals surface area contributed by atoms with Crippen LogP contribution in [0.4, 0.5) is 5.69 Å². The highest BCUT2D eigenvalue weighted by molar-refractivity contribution is 6.36. The molecule has 0 aromatic heterocycles. The Bertz CT molecular complexity index is 920. The quantitative estimate of drug-likeness (QED) is 0.337. The number of nitrogens with zero attached hydrogens (tertiary/aromatic N) is 1. The van der Waals surface area contributed by atoms with Crippen LogP contribution in [0.5, 0.6) is 11.5 Å². The molecule has 0 aliphatic heterocycles. The number of unbranched alkanes of at least 4 members (excludes halogenated alkanes) is 1. The summed E-state index contributed by atoms with van der Waals surface area (Å²) < 4.78 is 11.0. The number of halogens is 2. The van der Waals surface area contributed by atoms with E-state index in [1.165, 1.54) is 12.1 Å². The third kappa shape index (κ3) is 5.91. The Morgan fingerprint density at radius 3 is 2.68 bits per heavy atom. The monoisotopic (exact) mass is 418 g/mol. The number of carbonyl (C=O) groups excluding carboxylic acids is 1. The molecule has 1 amide bonds. The van der Waals surface area contributed by atoms with E-state index in [1.807, 2.05) is 6.07 Å². The highest BCUT2D eigenvalue weighted by Gasteiger charge is 2.13. The van der Waals surface area contributed by atoms with Crippen LogP contribution in [0.25, 0.3) is 6.08 Å². The topological polar surface area (TPSA) is 71.3 Å². The maximum absolute atomic E-state index is 12.5. The number of amides is 1. The molecule has 0 fully saturated rings. The lowest BCUT2D eigenvalue weighted by atomic mass is 10.1. The molecule has 7 heteroatoms. The highest BCUT2D eigenvalue weighted by atomic mass is 35.5. The third-order valence-electron chi connectivity index (χ3n) is 3.80. The van der Waals surface area contributed by atoms with Crippen LogP contribution in [-0.4, -0.2) is 19.6 Å². The molecule has 0 saturated carbocycles. The van der Waals surface area contributed by atoms with E-state index in [-0.39, 0.29) is 5.57 Å². The van der Waals surface area contributed by atoms with Gasteiger partial charge in [-0.3, -0.25) is 4.79 Å². The van der Waals surface area contributed by atoms with Crippen LogP contribution < -0.4 is 14.8 Å². The Hall–Kier alpha value is -2.68. The standard InChI is InChI=1S/C21H20Cl2N2O3/c1-3-4-9-28-20-11-14(5-8-19(20)27-2)10-15(13-24)21(26)25-18-12-16(22)6-7-17(18)23/h5-8,10-12H,3-4,9H2,1-2H3,(H,25,26)/b15-10+. The zero-order valence-electron chi connectivity index (χ0n) is 15.6. The predicted molar refractivity (Wildman–Crippen MR) is 112 cm³/mol. The fourth-order valence-corrected chi connectivity index (χ4v) is 2.66. The van der Waals surface area contributed by atoms with Gasteiger partial charge in [-0.25, -0.2) is 0 Å². The van der Waals surface area contributed by atoms with Gasteiger partial charge in [0.2, 0.25) is 0 Å². The summed E-state index contributed by atoms with van der Waals surface area (Å²) in [5, 5.41) is 12.8. The van der Waals surface area contributed by atoms with Gasteiger partial charge in [0.15, 0.2) is 11.5 Å². The van der Waals surface area contributed by atoms with Gasteiger partial charge in [0.1, 0.15) is 11.6 Å². The molecule has 2 aromatic rings. The fraction of sp³-hybridized carbons (Fsp3) is 0.238. The summed E-state index contributed by atoms with van der Waals surface area (Å²) in [6.45, 7) is 2.63. The van der Waals surface area contributed by atoms with Crippen LogP contribution in [-0.2, 0) is 4.79 Å². The minimum Gasteiger partial charge on any atom is -0.493 e. The second kappa shape index (κ2) is 10.6. The SMILES string of the molecule is CCCCOc1cc(/C=C(\C#N)C(=O)Nc2cc(Cl)ccc2Cl)ccc1OC. The van der Waals surface area contributed by atoms with Crippen LogP contribution in [0.2, 0.25) is 10.0 Å². The lowest BCUT2D eigenvalue weighted by Gasteiger charge is -2.11. The average Bonchev–Trinajstić information content (AvgIpc) is 2.69. The molecule has 146 valence electrons. The van der Waals surface area contributed by atoms with Gasteiger partial charge in [0.05, 0.1) is 24.4 Å². The lowest BCUT2D eigenvalue weighted by molar-refractivity contribution is -0.112. The van der Waals surface area contributed by atoms with Crippen LogP contribution >= 0.6 is 23.2 Å². The molecule has 2 rings (SSSR count). The molecule has 0 spiro atoms. The first-order valence-corrected chi connectivity index (χ1v) is 9.43. The van der Waals surface area contributed by atoms with Crippen molar-refractivity contribution in [3.05, 3.63) is 57.6 Å². The molecule has 0 atom stereocenters. The minimum atomic E-state index is -0.587. The van der Waals surface area contributed by atoms with E-state index in [9.17, 15) is 10.1 Å².